The summed E-state index contributed by atoms with van der Waals surface area (Å²) in [5.74, 6) is -0.521. The molecule has 0 unspecified atom stereocenters. The summed E-state index contributed by atoms with van der Waals surface area (Å²) in [4.78, 5) is 25.8. The number of ether oxygens (including phenoxy) is 1. The summed E-state index contributed by atoms with van der Waals surface area (Å²) >= 11 is 11.9. The van der Waals surface area contributed by atoms with E-state index in [4.69, 9.17) is 27.9 Å². The van der Waals surface area contributed by atoms with Gasteiger partial charge >= 0.3 is 6.03 Å². The highest BCUT2D eigenvalue weighted by atomic mass is 35.5. The summed E-state index contributed by atoms with van der Waals surface area (Å²) in [5.41, 5.74) is 0.925. The number of carbonyl (C=O) groups excluding carboxylic acids is 2. The van der Waals surface area contributed by atoms with Gasteiger partial charge in [-0.2, -0.15) is 0 Å². The van der Waals surface area contributed by atoms with Crippen molar-refractivity contribution in [2.45, 2.75) is 6.92 Å². The third kappa shape index (κ3) is 3.47. The third-order valence-corrected chi connectivity index (χ3v) is 4.13. The van der Waals surface area contributed by atoms with Crippen molar-refractivity contribution in [1.82, 2.24) is 5.32 Å². The summed E-state index contributed by atoms with van der Waals surface area (Å²) in [6.45, 7) is 2.10. The Morgan fingerprint density at radius 1 is 1.23 bits per heavy atom. The van der Waals surface area contributed by atoms with Gasteiger partial charge in [0.15, 0.2) is 11.5 Å². The van der Waals surface area contributed by atoms with Gasteiger partial charge in [0, 0.05) is 5.02 Å². The SMILES string of the molecule is CCOc1cc(/C=C2\NC(=O)N(c3cccc(Cl)c3)C2=O)cc(Cl)c1O. The van der Waals surface area contributed by atoms with E-state index in [1.54, 1.807) is 25.1 Å². The van der Waals surface area contributed by atoms with E-state index in [-0.39, 0.29) is 22.2 Å². The average Bonchev–Trinajstić information content (AvgIpc) is 2.86. The van der Waals surface area contributed by atoms with Crippen molar-refractivity contribution in [1.29, 1.82) is 0 Å². The molecule has 3 rings (SSSR count). The minimum atomic E-state index is -0.585. The van der Waals surface area contributed by atoms with Crippen LogP contribution in [0.3, 0.4) is 0 Å². The van der Waals surface area contributed by atoms with Crippen LogP contribution in [-0.4, -0.2) is 23.7 Å². The largest absolute Gasteiger partial charge is 0.503 e. The Morgan fingerprint density at radius 2 is 2.00 bits per heavy atom. The molecule has 1 aliphatic rings. The Morgan fingerprint density at radius 3 is 2.69 bits per heavy atom. The van der Waals surface area contributed by atoms with E-state index in [0.29, 0.717) is 22.9 Å². The van der Waals surface area contributed by atoms with Crippen LogP contribution >= 0.6 is 23.2 Å². The first kappa shape index (κ1) is 18.1. The number of nitrogens with zero attached hydrogens (tertiary/aromatic N) is 1. The second kappa shape index (κ2) is 7.27. The molecule has 1 saturated heterocycles. The summed E-state index contributed by atoms with van der Waals surface area (Å²) < 4.78 is 5.31. The maximum Gasteiger partial charge on any atom is 0.333 e. The number of carbonyl (C=O) groups is 2. The van der Waals surface area contributed by atoms with Crippen LogP contribution in [0.4, 0.5) is 10.5 Å². The molecule has 0 atom stereocenters. The van der Waals surface area contributed by atoms with Gasteiger partial charge in [0.05, 0.1) is 17.3 Å². The molecule has 1 fully saturated rings. The molecule has 0 spiro atoms. The predicted molar refractivity (Wildman–Crippen MR) is 99.7 cm³/mol. The number of rotatable bonds is 4. The number of nitrogens with one attached hydrogen (secondary N) is 1. The standard InChI is InChI=1S/C18H14Cl2N2O4/c1-2-26-15-8-10(6-13(20)16(15)23)7-14-17(24)22(18(25)21-14)12-5-3-4-11(19)9-12/h3-9,23H,2H2,1H3,(H,21,25)/b14-7-. The van der Waals surface area contributed by atoms with Gasteiger partial charge in [0.2, 0.25) is 0 Å². The molecule has 2 aromatic rings. The summed E-state index contributed by atoms with van der Waals surface area (Å²) in [7, 11) is 0. The van der Waals surface area contributed by atoms with Gasteiger partial charge in [-0.25, -0.2) is 9.69 Å². The Bertz CT molecular complexity index is 927. The first-order chi connectivity index (χ1) is 12.4. The van der Waals surface area contributed by atoms with Crippen LogP contribution in [0.1, 0.15) is 12.5 Å². The fraction of sp³-hybridized carbons (Fsp3) is 0.111. The minimum absolute atomic E-state index is 0.0687. The van der Waals surface area contributed by atoms with Crippen molar-refractivity contribution >= 4 is 46.9 Å². The molecule has 8 heteroatoms. The quantitative estimate of drug-likeness (QED) is 0.603. The normalized spacial score (nSPS) is 15.5. The molecule has 134 valence electrons. The van der Waals surface area contributed by atoms with Gasteiger partial charge in [-0.1, -0.05) is 29.3 Å². The number of benzene rings is 2. The fourth-order valence-electron chi connectivity index (χ4n) is 2.49. The Labute approximate surface area is 159 Å². The average molecular weight is 393 g/mol. The number of anilines is 1. The molecular weight excluding hydrogens is 379 g/mol. The Balaban J connectivity index is 1.96. The lowest BCUT2D eigenvalue weighted by molar-refractivity contribution is -0.113. The van der Waals surface area contributed by atoms with E-state index >= 15 is 0 Å². The van der Waals surface area contributed by atoms with Crippen molar-refractivity contribution in [2.75, 3.05) is 11.5 Å². The zero-order valence-corrected chi connectivity index (χ0v) is 15.1. The number of hydrogen-bond donors (Lipinski definition) is 2. The maximum atomic E-state index is 12.6. The number of imide groups is 1. The summed E-state index contributed by atoms with van der Waals surface area (Å²) in [6.07, 6.45) is 1.46. The number of halogens is 2. The second-order valence-electron chi connectivity index (χ2n) is 5.39. The zero-order chi connectivity index (χ0) is 18.8. The van der Waals surface area contributed by atoms with Crippen molar-refractivity contribution < 1.29 is 19.4 Å². The van der Waals surface area contributed by atoms with Crippen molar-refractivity contribution in [3.05, 3.63) is 57.7 Å². The van der Waals surface area contributed by atoms with E-state index in [1.165, 1.54) is 24.3 Å². The molecule has 1 aliphatic heterocycles. The molecule has 0 radical (unpaired) electrons. The lowest BCUT2D eigenvalue weighted by atomic mass is 10.1. The fourth-order valence-corrected chi connectivity index (χ4v) is 2.90. The highest BCUT2D eigenvalue weighted by Crippen LogP contribution is 2.36. The molecule has 0 aromatic heterocycles. The molecule has 3 amide bonds. The highest BCUT2D eigenvalue weighted by Gasteiger charge is 2.35. The molecule has 1 heterocycles. The van der Waals surface area contributed by atoms with Crippen LogP contribution < -0.4 is 15.0 Å². The molecule has 2 aromatic carbocycles. The smallest absolute Gasteiger partial charge is 0.333 e. The number of phenolic OH excluding ortho intramolecular Hbond substituents is 1. The lowest BCUT2D eigenvalue weighted by Gasteiger charge is -2.11. The number of hydrogen-bond acceptors (Lipinski definition) is 4. The van der Waals surface area contributed by atoms with Crippen LogP contribution in [0.15, 0.2) is 42.1 Å². The molecule has 0 aliphatic carbocycles. The number of aromatic hydroxyl groups is 1. The van der Waals surface area contributed by atoms with Gasteiger partial charge in [-0.3, -0.25) is 4.79 Å². The number of amides is 3. The van der Waals surface area contributed by atoms with Gasteiger partial charge in [-0.05, 0) is 48.9 Å². The molecule has 0 saturated carbocycles. The third-order valence-electron chi connectivity index (χ3n) is 3.61. The van der Waals surface area contributed by atoms with E-state index in [2.05, 4.69) is 5.32 Å². The van der Waals surface area contributed by atoms with Crippen molar-refractivity contribution in [2.24, 2.45) is 0 Å². The molecule has 2 N–H and O–H groups in total. The van der Waals surface area contributed by atoms with Crippen LogP contribution in [0, 0.1) is 0 Å². The highest BCUT2D eigenvalue weighted by molar-refractivity contribution is 6.33. The predicted octanol–water partition coefficient (Wildman–Crippen LogP) is 4.20. The van der Waals surface area contributed by atoms with Gasteiger partial charge in [0.1, 0.15) is 5.70 Å². The molecule has 6 nitrogen and oxygen atoms in total. The molecule has 0 bridgehead atoms. The first-order valence-electron chi connectivity index (χ1n) is 7.68. The van der Waals surface area contributed by atoms with Gasteiger partial charge in [0.25, 0.3) is 5.91 Å². The second-order valence-corrected chi connectivity index (χ2v) is 6.23. The number of phenols is 1. The Hall–Kier alpha value is -2.70. The van der Waals surface area contributed by atoms with E-state index < -0.39 is 11.9 Å². The van der Waals surface area contributed by atoms with Crippen LogP contribution in [-0.2, 0) is 4.79 Å². The van der Waals surface area contributed by atoms with Gasteiger partial charge < -0.3 is 15.2 Å². The first-order valence-corrected chi connectivity index (χ1v) is 8.44. The summed E-state index contributed by atoms with van der Waals surface area (Å²) in [5, 5.41) is 12.9. The van der Waals surface area contributed by atoms with Crippen molar-refractivity contribution in [3.8, 4) is 11.5 Å². The van der Waals surface area contributed by atoms with Crippen LogP contribution in [0.5, 0.6) is 11.5 Å². The van der Waals surface area contributed by atoms with Gasteiger partial charge in [-0.15, -0.1) is 0 Å². The monoisotopic (exact) mass is 392 g/mol. The van der Waals surface area contributed by atoms with Crippen molar-refractivity contribution in [3.63, 3.8) is 0 Å². The van der Waals surface area contributed by atoms with Crippen LogP contribution in [0.2, 0.25) is 10.0 Å². The molecule has 26 heavy (non-hydrogen) atoms. The van der Waals surface area contributed by atoms with Crippen LogP contribution in [0.25, 0.3) is 6.08 Å². The topological polar surface area (TPSA) is 78.9 Å². The maximum absolute atomic E-state index is 12.6. The number of urea groups is 1. The molecular formula is C18H14Cl2N2O4. The minimum Gasteiger partial charge on any atom is -0.503 e. The zero-order valence-electron chi connectivity index (χ0n) is 13.6. The van der Waals surface area contributed by atoms with E-state index in [9.17, 15) is 14.7 Å². The summed E-state index contributed by atoms with van der Waals surface area (Å²) in [6, 6.07) is 8.83. The van der Waals surface area contributed by atoms with E-state index in [1.807, 2.05) is 0 Å². The Kier molecular flexibility index (Phi) is 5.06. The lowest BCUT2D eigenvalue weighted by Crippen LogP contribution is -2.30. The van der Waals surface area contributed by atoms with E-state index in [0.717, 1.165) is 4.90 Å².